The first kappa shape index (κ1) is 19.6. The minimum atomic E-state index is -0.264. The smallest absolute Gasteiger partial charge is 0.241 e. The van der Waals surface area contributed by atoms with Gasteiger partial charge in [0, 0.05) is 40.8 Å². The number of carbonyl (C=O) groups excluding carboxylic acids is 1. The number of amides is 1. The Balaban J connectivity index is 1.45. The molecule has 1 aliphatic rings. The van der Waals surface area contributed by atoms with E-state index in [9.17, 15) is 4.79 Å². The van der Waals surface area contributed by atoms with Crippen molar-refractivity contribution in [1.29, 1.82) is 0 Å². The maximum atomic E-state index is 12.8. The highest BCUT2D eigenvalue weighted by Gasteiger charge is 2.25. The number of aromatic nitrogens is 1. The Morgan fingerprint density at radius 1 is 1.28 bits per heavy atom. The molecule has 2 heterocycles. The second kappa shape index (κ2) is 8.31. The average Bonchev–Trinajstić information content (AvgIpc) is 3.17. The number of H-pyrrole nitrogens is 1. The van der Waals surface area contributed by atoms with Gasteiger partial charge in [0.2, 0.25) is 5.91 Å². The molecule has 29 heavy (non-hydrogen) atoms. The number of para-hydroxylation sites is 1. The van der Waals surface area contributed by atoms with Gasteiger partial charge < -0.3 is 15.0 Å². The first-order valence-electron chi connectivity index (χ1n) is 9.71. The van der Waals surface area contributed by atoms with Crippen LogP contribution in [0.4, 0.5) is 5.69 Å². The molecule has 0 aliphatic carbocycles. The van der Waals surface area contributed by atoms with Gasteiger partial charge in [-0.1, -0.05) is 35.9 Å². The number of nitrogens with zero attached hydrogens (tertiary/aromatic N) is 1. The van der Waals surface area contributed by atoms with E-state index in [0.29, 0.717) is 16.5 Å². The zero-order valence-corrected chi connectivity index (χ0v) is 17.3. The maximum Gasteiger partial charge on any atom is 0.241 e. The number of hydrogen-bond donors (Lipinski definition) is 2. The van der Waals surface area contributed by atoms with Crippen LogP contribution in [0.1, 0.15) is 18.9 Å². The normalized spacial score (nSPS) is 15.8. The van der Waals surface area contributed by atoms with Crippen LogP contribution in [0.3, 0.4) is 0 Å². The van der Waals surface area contributed by atoms with E-state index in [1.54, 1.807) is 25.3 Å². The first-order chi connectivity index (χ1) is 14.1. The minimum Gasteiger partial charge on any atom is -0.495 e. The van der Waals surface area contributed by atoms with Gasteiger partial charge in [0.05, 0.1) is 18.8 Å². The molecule has 1 atom stereocenters. The number of hydrogen-bond acceptors (Lipinski definition) is 3. The summed E-state index contributed by atoms with van der Waals surface area (Å²) in [7, 11) is 1.57. The monoisotopic (exact) mass is 409 g/mol. The van der Waals surface area contributed by atoms with Crippen molar-refractivity contribution in [2.75, 3.05) is 25.5 Å². The lowest BCUT2D eigenvalue weighted by Crippen LogP contribution is -2.44. The Kier molecular flexibility index (Phi) is 5.60. The number of aromatic amines is 1. The van der Waals surface area contributed by atoms with Gasteiger partial charge in [0.15, 0.2) is 0 Å². The molecule has 1 aromatic heterocycles. The van der Waals surface area contributed by atoms with Gasteiger partial charge in [-0.2, -0.15) is 0 Å². The van der Waals surface area contributed by atoms with Gasteiger partial charge in [0.1, 0.15) is 5.75 Å². The molecule has 0 saturated carbocycles. The van der Waals surface area contributed by atoms with Gasteiger partial charge in [0.25, 0.3) is 0 Å². The quantitative estimate of drug-likeness (QED) is 0.627. The van der Waals surface area contributed by atoms with Crippen molar-refractivity contribution in [2.24, 2.45) is 0 Å². The third kappa shape index (κ3) is 4.02. The molecule has 4 rings (SSSR count). The molecule has 1 aliphatic heterocycles. The molecule has 0 saturated heterocycles. The van der Waals surface area contributed by atoms with E-state index in [4.69, 9.17) is 16.3 Å². The summed E-state index contributed by atoms with van der Waals surface area (Å²) in [5, 5.41) is 4.74. The third-order valence-corrected chi connectivity index (χ3v) is 5.76. The van der Waals surface area contributed by atoms with Crippen molar-refractivity contribution in [1.82, 2.24) is 9.88 Å². The summed E-state index contributed by atoms with van der Waals surface area (Å²) in [6, 6.07) is 13.3. The largest absolute Gasteiger partial charge is 0.495 e. The molecule has 0 fully saturated rings. The van der Waals surface area contributed by atoms with E-state index < -0.39 is 0 Å². The molecule has 2 aromatic carbocycles. The molecule has 0 bridgehead atoms. The van der Waals surface area contributed by atoms with E-state index in [1.165, 1.54) is 16.5 Å². The van der Waals surface area contributed by atoms with Crippen LogP contribution in [0.25, 0.3) is 16.5 Å². The molecule has 6 heteroatoms. The number of ether oxygens (including phenoxy) is 1. The molecule has 150 valence electrons. The molecule has 2 N–H and O–H groups in total. The fraction of sp³-hybridized carbons (Fsp3) is 0.261. The van der Waals surface area contributed by atoms with Crippen LogP contribution in [0.5, 0.6) is 5.75 Å². The minimum absolute atomic E-state index is 0.0745. The van der Waals surface area contributed by atoms with Crippen LogP contribution < -0.4 is 10.1 Å². The standard InChI is InChI=1S/C23H24ClN3O2/c1-15(23(28)26-21-13-17(24)7-8-22(21)29-2)27-11-9-16(10-12-27)19-14-25-20-6-4-3-5-18(19)20/h3-9,13-15,25H,10-12H2,1-2H3,(H,26,28). The summed E-state index contributed by atoms with van der Waals surface area (Å²) in [5.74, 6) is 0.518. The maximum absolute atomic E-state index is 12.8. The van der Waals surface area contributed by atoms with Crippen LogP contribution in [0, 0.1) is 0 Å². The Morgan fingerprint density at radius 2 is 2.10 bits per heavy atom. The van der Waals surface area contributed by atoms with Crippen molar-refractivity contribution in [3.05, 3.63) is 65.3 Å². The average molecular weight is 410 g/mol. The zero-order chi connectivity index (χ0) is 20.4. The fourth-order valence-corrected chi connectivity index (χ4v) is 3.97. The summed E-state index contributed by atoms with van der Waals surface area (Å²) in [6.45, 7) is 3.49. The van der Waals surface area contributed by atoms with Gasteiger partial charge in [-0.15, -0.1) is 0 Å². The predicted molar refractivity (Wildman–Crippen MR) is 119 cm³/mol. The van der Waals surface area contributed by atoms with Crippen LogP contribution >= 0.6 is 11.6 Å². The predicted octanol–water partition coefficient (Wildman–Crippen LogP) is 4.95. The van der Waals surface area contributed by atoms with Gasteiger partial charge in [-0.05, 0) is 43.2 Å². The van der Waals surface area contributed by atoms with Crippen molar-refractivity contribution in [2.45, 2.75) is 19.4 Å². The highest BCUT2D eigenvalue weighted by Crippen LogP contribution is 2.30. The molecular formula is C23H24ClN3O2. The van der Waals surface area contributed by atoms with Gasteiger partial charge >= 0.3 is 0 Å². The van der Waals surface area contributed by atoms with E-state index in [0.717, 1.165) is 25.0 Å². The Bertz CT molecular complexity index is 1070. The number of halogens is 1. The van der Waals surface area contributed by atoms with Crippen LogP contribution in [0.2, 0.25) is 5.02 Å². The Hall–Kier alpha value is -2.76. The number of nitrogens with one attached hydrogen (secondary N) is 2. The Morgan fingerprint density at radius 3 is 2.86 bits per heavy atom. The van der Waals surface area contributed by atoms with Gasteiger partial charge in [-0.3, -0.25) is 9.69 Å². The number of rotatable bonds is 5. The number of anilines is 1. The number of fused-ring (bicyclic) bond motifs is 1. The molecule has 0 radical (unpaired) electrons. The molecule has 1 amide bonds. The van der Waals surface area contributed by atoms with Gasteiger partial charge in [-0.25, -0.2) is 0 Å². The van der Waals surface area contributed by atoms with E-state index in [-0.39, 0.29) is 11.9 Å². The number of benzene rings is 2. The summed E-state index contributed by atoms with van der Waals surface area (Å²) in [5.41, 5.74) is 4.31. The third-order valence-electron chi connectivity index (χ3n) is 5.52. The van der Waals surface area contributed by atoms with Crippen LogP contribution in [0.15, 0.2) is 54.7 Å². The van der Waals surface area contributed by atoms with E-state index >= 15 is 0 Å². The van der Waals surface area contributed by atoms with E-state index in [2.05, 4.69) is 45.7 Å². The lowest BCUT2D eigenvalue weighted by molar-refractivity contribution is -0.120. The summed E-state index contributed by atoms with van der Waals surface area (Å²) >= 11 is 6.06. The highest BCUT2D eigenvalue weighted by atomic mass is 35.5. The molecule has 5 nitrogen and oxygen atoms in total. The molecular weight excluding hydrogens is 386 g/mol. The van der Waals surface area contributed by atoms with Crippen LogP contribution in [-0.4, -0.2) is 42.0 Å². The summed E-state index contributed by atoms with van der Waals surface area (Å²) in [4.78, 5) is 18.3. The lowest BCUT2D eigenvalue weighted by atomic mass is 9.98. The van der Waals surface area contributed by atoms with Crippen molar-refractivity contribution in [3.8, 4) is 5.75 Å². The SMILES string of the molecule is COc1ccc(Cl)cc1NC(=O)C(C)N1CC=C(c2c[nH]c3ccccc23)CC1. The molecule has 1 unspecified atom stereocenters. The summed E-state index contributed by atoms with van der Waals surface area (Å²) < 4.78 is 5.32. The zero-order valence-electron chi connectivity index (χ0n) is 16.5. The second-order valence-electron chi connectivity index (χ2n) is 7.23. The lowest BCUT2D eigenvalue weighted by Gasteiger charge is -2.31. The number of methoxy groups -OCH3 is 1. The molecule has 3 aromatic rings. The fourth-order valence-electron chi connectivity index (χ4n) is 3.80. The van der Waals surface area contributed by atoms with Crippen molar-refractivity contribution >= 4 is 39.7 Å². The second-order valence-corrected chi connectivity index (χ2v) is 7.67. The first-order valence-corrected chi connectivity index (χ1v) is 10.1. The number of carbonyl (C=O) groups is 1. The summed E-state index contributed by atoms with van der Waals surface area (Å²) in [6.07, 6.45) is 5.20. The Labute approximate surface area is 175 Å². The van der Waals surface area contributed by atoms with E-state index in [1.807, 2.05) is 13.0 Å². The van der Waals surface area contributed by atoms with Crippen molar-refractivity contribution in [3.63, 3.8) is 0 Å². The topological polar surface area (TPSA) is 57.4 Å². The highest BCUT2D eigenvalue weighted by molar-refractivity contribution is 6.31. The van der Waals surface area contributed by atoms with Crippen molar-refractivity contribution < 1.29 is 9.53 Å². The van der Waals surface area contributed by atoms with Crippen LogP contribution in [-0.2, 0) is 4.79 Å². The molecule has 0 spiro atoms.